The first-order chi connectivity index (χ1) is 8.04. The van der Waals surface area contributed by atoms with E-state index in [1.165, 1.54) is 0 Å². The third-order valence-corrected chi connectivity index (χ3v) is 2.77. The number of rotatable bonds is 5. The number of amides is 1. The summed E-state index contributed by atoms with van der Waals surface area (Å²) in [5, 5.41) is 0. The zero-order chi connectivity index (χ0) is 12.8. The largest absolute Gasteiger partial charge is 0.393 e. The molecule has 0 fully saturated rings. The topological polar surface area (TPSA) is 46.3 Å². The lowest BCUT2D eigenvalue weighted by Crippen LogP contribution is -2.33. The molecule has 1 rings (SSSR count). The Bertz CT molecular complexity index is 418. The molecule has 1 amide bonds. The van der Waals surface area contributed by atoms with Crippen LogP contribution in [0, 0.1) is 6.92 Å². The Balaban J connectivity index is 2.75. The van der Waals surface area contributed by atoms with Crippen molar-refractivity contribution in [1.82, 2.24) is 4.90 Å². The maximum Gasteiger partial charge on any atom is 0.253 e. The van der Waals surface area contributed by atoms with Crippen LogP contribution in [0.1, 0.15) is 29.3 Å². The molecule has 0 atom stereocenters. The number of carbonyl (C=O) groups excluding carboxylic acids is 1. The maximum atomic E-state index is 12.2. The first kappa shape index (κ1) is 13.6. The van der Waals surface area contributed by atoms with E-state index >= 15 is 0 Å². The second kappa shape index (κ2) is 6.35. The summed E-state index contributed by atoms with van der Waals surface area (Å²) in [6, 6.07) is 7.59. The second-order valence-corrected chi connectivity index (χ2v) is 4.49. The van der Waals surface area contributed by atoms with Crippen LogP contribution in [0.3, 0.4) is 0 Å². The van der Waals surface area contributed by atoms with Crippen LogP contribution in [0.4, 0.5) is 0 Å². The minimum atomic E-state index is 0.0347. The highest BCUT2D eigenvalue weighted by Gasteiger charge is 2.13. The number of benzene rings is 1. The van der Waals surface area contributed by atoms with Crippen molar-refractivity contribution in [2.24, 2.45) is 5.73 Å². The summed E-state index contributed by atoms with van der Waals surface area (Å²) in [5.74, 6) is 0.0347. The van der Waals surface area contributed by atoms with Crippen molar-refractivity contribution in [2.45, 2.75) is 20.3 Å². The van der Waals surface area contributed by atoms with E-state index in [9.17, 15) is 4.79 Å². The van der Waals surface area contributed by atoms with E-state index < -0.39 is 0 Å². The Hall–Kier alpha value is -1.42. The van der Waals surface area contributed by atoms with Crippen molar-refractivity contribution in [2.75, 3.05) is 13.1 Å². The predicted molar refractivity (Wildman–Crippen MR) is 74.2 cm³/mol. The quantitative estimate of drug-likeness (QED) is 0.814. The number of carbonyl (C=O) groups is 1. The van der Waals surface area contributed by atoms with E-state index in [1.807, 2.05) is 38.1 Å². The second-order valence-electron chi connectivity index (χ2n) is 3.97. The SMILES string of the molecule is CCN(CCC(N)=S)C(=O)c1cccc(C)c1. The Kier molecular flexibility index (Phi) is 5.10. The molecule has 3 nitrogen and oxygen atoms in total. The summed E-state index contributed by atoms with van der Waals surface area (Å²) in [5.41, 5.74) is 7.25. The molecule has 0 radical (unpaired) electrons. The van der Waals surface area contributed by atoms with Gasteiger partial charge in [-0.15, -0.1) is 0 Å². The van der Waals surface area contributed by atoms with Crippen LogP contribution < -0.4 is 5.73 Å². The monoisotopic (exact) mass is 250 g/mol. The van der Waals surface area contributed by atoms with E-state index in [2.05, 4.69) is 0 Å². The van der Waals surface area contributed by atoms with Crippen molar-refractivity contribution >= 4 is 23.1 Å². The van der Waals surface area contributed by atoms with Gasteiger partial charge in [-0.2, -0.15) is 0 Å². The summed E-state index contributed by atoms with van der Waals surface area (Å²) in [6.45, 7) is 5.17. The fourth-order valence-corrected chi connectivity index (χ4v) is 1.70. The van der Waals surface area contributed by atoms with Crippen molar-refractivity contribution in [3.63, 3.8) is 0 Å². The molecule has 92 valence electrons. The molecule has 0 saturated heterocycles. The highest BCUT2D eigenvalue weighted by atomic mass is 32.1. The highest BCUT2D eigenvalue weighted by molar-refractivity contribution is 7.80. The van der Waals surface area contributed by atoms with E-state index in [1.54, 1.807) is 4.90 Å². The lowest BCUT2D eigenvalue weighted by Gasteiger charge is -2.20. The molecule has 2 N–H and O–H groups in total. The molecule has 0 aliphatic rings. The van der Waals surface area contributed by atoms with E-state index in [-0.39, 0.29) is 5.91 Å². The Morgan fingerprint density at radius 1 is 1.47 bits per heavy atom. The Morgan fingerprint density at radius 2 is 2.18 bits per heavy atom. The first-order valence-corrected chi connectivity index (χ1v) is 6.09. The van der Waals surface area contributed by atoms with Crippen LogP contribution in [0.25, 0.3) is 0 Å². The van der Waals surface area contributed by atoms with Crippen LogP contribution >= 0.6 is 12.2 Å². The molecule has 0 bridgehead atoms. The third kappa shape index (κ3) is 4.15. The summed E-state index contributed by atoms with van der Waals surface area (Å²) in [4.78, 5) is 14.4. The molecule has 1 aromatic rings. The third-order valence-electron chi connectivity index (χ3n) is 2.56. The molecule has 1 aromatic carbocycles. The normalized spacial score (nSPS) is 10.0. The average molecular weight is 250 g/mol. The number of aryl methyl sites for hydroxylation is 1. The van der Waals surface area contributed by atoms with Gasteiger partial charge in [0, 0.05) is 25.1 Å². The lowest BCUT2D eigenvalue weighted by molar-refractivity contribution is 0.0769. The van der Waals surface area contributed by atoms with Crippen LogP contribution in [-0.2, 0) is 0 Å². The van der Waals surface area contributed by atoms with Gasteiger partial charge in [-0.25, -0.2) is 0 Å². The van der Waals surface area contributed by atoms with Gasteiger partial charge in [0.1, 0.15) is 0 Å². The van der Waals surface area contributed by atoms with Crippen molar-refractivity contribution < 1.29 is 4.79 Å². The molecule has 0 unspecified atom stereocenters. The molecular weight excluding hydrogens is 232 g/mol. The van der Waals surface area contributed by atoms with Gasteiger partial charge in [0.15, 0.2) is 0 Å². The predicted octanol–water partition coefficient (Wildman–Crippen LogP) is 2.13. The zero-order valence-electron chi connectivity index (χ0n) is 10.3. The molecule has 0 aromatic heterocycles. The number of hydrogen-bond acceptors (Lipinski definition) is 2. The molecule has 17 heavy (non-hydrogen) atoms. The number of nitrogens with two attached hydrogens (primary N) is 1. The van der Waals surface area contributed by atoms with Crippen LogP contribution in [-0.4, -0.2) is 28.9 Å². The van der Waals surface area contributed by atoms with Gasteiger partial charge in [-0.3, -0.25) is 4.79 Å². The number of hydrogen-bond donors (Lipinski definition) is 1. The minimum absolute atomic E-state index is 0.0347. The summed E-state index contributed by atoms with van der Waals surface area (Å²) in [7, 11) is 0. The fraction of sp³-hybridized carbons (Fsp3) is 0.385. The average Bonchev–Trinajstić information content (AvgIpc) is 2.29. The van der Waals surface area contributed by atoms with E-state index in [0.29, 0.717) is 24.5 Å². The van der Waals surface area contributed by atoms with Crippen molar-refractivity contribution in [3.05, 3.63) is 35.4 Å². The molecule has 0 spiro atoms. The number of nitrogens with zero attached hydrogens (tertiary/aromatic N) is 1. The highest BCUT2D eigenvalue weighted by Crippen LogP contribution is 2.08. The van der Waals surface area contributed by atoms with E-state index in [4.69, 9.17) is 18.0 Å². The fourth-order valence-electron chi connectivity index (χ4n) is 1.61. The van der Waals surface area contributed by atoms with Crippen LogP contribution in [0.2, 0.25) is 0 Å². The molecule has 0 aliphatic carbocycles. The van der Waals surface area contributed by atoms with Crippen LogP contribution in [0.5, 0.6) is 0 Å². The molecule has 0 saturated carbocycles. The van der Waals surface area contributed by atoms with Crippen LogP contribution in [0.15, 0.2) is 24.3 Å². The minimum Gasteiger partial charge on any atom is -0.393 e. The molecule has 0 heterocycles. The van der Waals surface area contributed by atoms with Gasteiger partial charge in [0.05, 0.1) is 4.99 Å². The van der Waals surface area contributed by atoms with Gasteiger partial charge in [0.2, 0.25) is 0 Å². The molecule has 4 heteroatoms. The summed E-state index contributed by atoms with van der Waals surface area (Å²) >= 11 is 4.83. The van der Waals surface area contributed by atoms with E-state index in [0.717, 1.165) is 11.1 Å². The number of thiocarbonyl (C=S) groups is 1. The molecule has 0 aliphatic heterocycles. The smallest absolute Gasteiger partial charge is 0.253 e. The summed E-state index contributed by atoms with van der Waals surface area (Å²) in [6.07, 6.45) is 0.570. The summed E-state index contributed by atoms with van der Waals surface area (Å²) < 4.78 is 0. The van der Waals surface area contributed by atoms with Gasteiger partial charge in [-0.1, -0.05) is 29.9 Å². The van der Waals surface area contributed by atoms with Gasteiger partial charge < -0.3 is 10.6 Å². The van der Waals surface area contributed by atoms with Gasteiger partial charge in [0.25, 0.3) is 5.91 Å². The molecular formula is C13H18N2OS. The lowest BCUT2D eigenvalue weighted by atomic mass is 10.1. The standard InChI is InChI=1S/C13H18N2OS/c1-3-15(8-7-12(14)17)13(16)11-6-4-5-10(2)9-11/h4-6,9H,3,7-8H2,1-2H3,(H2,14,17). The zero-order valence-corrected chi connectivity index (χ0v) is 11.1. The van der Waals surface area contributed by atoms with Crippen molar-refractivity contribution in [1.29, 1.82) is 0 Å². The Morgan fingerprint density at radius 3 is 2.71 bits per heavy atom. The first-order valence-electron chi connectivity index (χ1n) is 5.69. The van der Waals surface area contributed by atoms with Gasteiger partial charge in [-0.05, 0) is 26.0 Å². The Labute approximate surface area is 108 Å². The maximum absolute atomic E-state index is 12.2. The van der Waals surface area contributed by atoms with Crippen molar-refractivity contribution in [3.8, 4) is 0 Å². The van der Waals surface area contributed by atoms with Gasteiger partial charge >= 0.3 is 0 Å².